The minimum absolute atomic E-state index is 0.0753. The standard InChI is InChI=1S/C17H24N2O2/c1-13(2)16(12-19(3)4)18-17(21)15-10-6-5-8-14(15)9-7-11-20/h5-6,8,10,13,16,20H,11-12H2,1-4H3,(H,18,21). The monoisotopic (exact) mass is 288 g/mol. The number of hydrogen-bond acceptors (Lipinski definition) is 3. The van der Waals surface area contributed by atoms with Gasteiger partial charge in [0.15, 0.2) is 0 Å². The first kappa shape index (κ1) is 17.2. The Hall–Kier alpha value is -1.83. The van der Waals surface area contributed by atoms with Crippen LogP contribution in [0.15, 0.2) is 24.3 Å². The van der Waals surface area contributed by atoms with E-state index in [2.05, 4.69) is 35.9 Å². The van der Waals surface area contributed by atoms with Gasteiger partial charge in [-0.05, 0) is 32.1 Å². The summed E-state index contributed by atoms with van der Waals surface area (Å²) in [6.45, 7) is 4.75. The molecule has 0 heterocycles. The average Bonchev–Trinajstić information content (AvgIpc) is 2.44. The SMILES string of the molecule is CC(C)C(CN(C)C)NC(=O)c1ccccc1C#CCO. The van der Waals surface area contributed by atoms with Gasteiger partial charge in [0.1, 0.15) is 6.61 Å². The maximum Gasteiger partial charge on any atom is 0.252 e. The van der Waals surface area contributed by atoms with E-state index in [9.17, 15) is 4.79 Å². The Kier molecular flexibility index (Phi) is 6.93. The van der Waals surface area contributed by atoms with E-state index in [0.29, 0.717) is 17.0 Å². The predicted octanol–water partition coefficient (Wildman–Crippen LogP) is 1.35. The Balaban J connectivity index is 2.92. The normalized spacial score (nSPS) is 12.0. The zero-order valence-electron chi connectivity index (χ0n) is 13.2. The molecule has 0 aliphatic heterocycles. The van der Waals surface area contributed by atoms with E-state index < -0.39 is 0 Å². The Morgan fingerprint density at radius 1 is 1.33 bits per heavy atom. The lowest BCUT2D eigenvalue weighted by atomic mass is 10.0. The van der Waals surface area contributed by atoms with Gasteiger partial charge in [-0.1, -0.05) is 37.8 Å². The second-order valence-corrected chi connectivity index (χ2v) is 5.59. The fourth-order valence-electron chi connectivity index (χ4n) is 1.99. The predicted molar refractivity (Wildman–Crippen MR) is 85.1 cm³/mol. The number of carbonyl (C=O) groups excluding carboxylic acids is 1. The maximum absolute atomic E-state index is 12.5. The number of carbonyl (C=O) groups is 1. The number of benzene rings is 1. The highest BCUT2D eigenvalue weighted by Crippen LogP contribution is 2.10. The van der Waals surface area contributed by atoms with Crippen molar-refractivity contribution in [1.29, 1.82) is 0 Å². The number of likely N-dealkylation sites (N-methyl/N-ethyl adjacent to an activating group) is 1. The third-order valence-corrected chi connectivity index (χ3v) is 3.16. The van der Waals surface area contributed by atoms with Crippen LogP contribution < -0.4 is 5.32 Å². The molecular formula is C17H24N2O2. The van der Waals surface area contributed by atoms with Crippen molar-refractivity contribution in [3.05, 3.63) is 35.4 Å². The number of rotatable bonds is 5. The smallest absolute Gasteiger partial charge is 0.252 e. The first-order valence-corrected chi connectivity index (χ1v) is 7.10. The maximum atomic E-state index is 12.5. The van der Waals surface area contributed by atoms with E-state index in [4.69, 9.17) is 5.11 Å². The van der Waals surface area contributed by atoms with Crippen molar-refractivity contribution in [3.63, 3.8) is 0 Å². The van der Waals surface area contributed by atoms with Gasteiger partial charge in [-0.15, -0.1) is 0 Å². The second-order valence-electron chi connectivity index (χ2n) is 5.59. The van der Waals surface area contributed by atoms with Crippen LogP contribution in [0.4, 0.5) is 0 Å². The molecule has 21 heavy (non-hydrogen) atoms. The molecule has 0 saturated carbocycles. The van der Waals surface area contributed by atoms with E-state index in [1.807, 2.05) is 26.2 Å². The zero-order chi connectivity index (χ0) is 15.8. The van der Waals surface area contributed by atoms with Crippen molar-refractivity contribution in [1.82, 2.24) is 10.2 Å². The van der Waals surface area contributed by atoms with Crippen LogP contribution in [-0.2, 0) is 0 Å². The quantitative estimate of drug-likeness (QED) is 0.804. The summed E-state index contributed by atoms with van der Waals surface area (Å²) in [5, 5.41) is 11.9. The topological polar surface area (TPSA) is 52.6 Å². The van der Waals surface area contributed by atoms with Crippen molar-refractivity contribution in [2.24, 2.45) is 5.92 Å². The van der Waals surface area contributed by atoms with Gasteiger partial charge in [0.25, 0.3) is 5.91 Å². The molecule has 4 heteroatoms. The summed E-state index contributed by atoms with van der Waals surface area (Å²) in [6.07, 6.45) is 0. The van der Waals surface area contributed by atoms with E-state index >= 15 is 0 Å². The molecule has 0 spiro atoms. The Bertz CT molecular complexity index is 527. The second kappa shape index (κ2) is 8.46. The molecule has 1 aromatic rings. The Labute approximate surface area is 127 Å². The molecule has 1 aromatic carbocycles. The molecule has 0 bridgehead atoms. The van der Waals surface area contributed by atoms with Crippen LogP contribution in [0.1, 0.15) is 29.8 Å². The van der Waals surface area contributed by atoms with Crippen LogP contribution >= 0.6 is 0 Å². The molecule has 0 saturated heterocycles. The van der Waals surface area contributed by atoms with E-state index in [1.54, 1.807) is 12.1 Å². The summed E-state index contributed by atoms with van der Waals surface area (Å²) in [7, 11) is 3.98. The van der Waals surface area contributed by atoms with Gasteiger partial charge in [0.05, 0.1) is 5.56 Å². The van der Waals surface area contributed by atoms with Crippen LogP contribution in [0.5, 0.6) is 0 Å². The minimum atomic E-state index is -0.217. The van der Waals surface area contributed by atoms with Crippen LogP contribution in [0.2, 0.25) is 0 Å². The lowest BCUT2D eigenvalue weighted by Gasteiger charge is -2.25. The molecule has 114 valence electrons. The van der Waals surface area contributed by atoms with Gasteiger partial charge in [0, 0.05) is 18.2 Å². The summed E-state index contributed by atoms with van der Waals surface area (Å²) in [6, 6.07) is 7.26. The molecule has 1 unspecified atom stereocenters. The molecule has 0 aliphatic rings. The number of nitrogens with one attached hydrogen (secondary N) is 1. The number of aliphatic hydroxyl groups is 1. The van der Waals surface area contributed by atoms with Gasteiger partial charge in [-0.25, -0.2) is 0 Å². The third kappa shape index (κ3) is 5.58. The zero-order valence-corrected chi connectivity index (χ0v) is 13.2. The summed E-state index contributed by atoms with van der Waals surface area (Å²) in [5.74, 6) is 5.61. The first-order valence-electron chi connectivity index (χ1n) is 7.10. The number of hydrogen-bond donors (Lipinski definition) is 2. The molecule has 0 aliphatic carbocycles. The average molecular weight is 288 g/mol. The molecule has 0 aromatic heterocycles. The van der Waals surface area contributed by atoms with Crippen molar-refractivity contribution in [2.75, 3.05) is 27.2 Å². The lowest BCUT2D eigenvalue weighted by Crippen LogP contribution is -2.45. The fourth-order valence-corrected chi connectivity index (χ4v) is 1.99. The molecule has 1 atom stereocenters. The van der Waals surface area contributed by atoms with Crippen molar-refractivity contribution < 1.29 is 9.90 Å². The lowest BCUT2D eigenvalue weighted by molar-refractivity contribution is 0.0916. The fraction of sp³-hybridized carbons (Fsp3) is 0.471. The number of nitrogens with zero attached hydrogens (tertiary/aromatic N) is 1. The van der Waals surface area contributed by atoms with E-state index in [0.717, 1.165) is 6.54 Å². The van der Waals surface area contributed by atoms with Gasteiger partial charge < -0.3 is 15.3 Å². The molecule has 0 radical (unpaired) electrons. The minimum Gasteiger partial charge on any atom is -0.384 e. The highest BCUT2D eigenvalue weighted by Gasteiger charge is 2.19. The largest absolute Gasteiger partial charge is 0.384 e. The van der Waals surface area contributed by atoms with Crippen molar-refractivity contribution >= 4 is 5.91 Å². The number of amides is 1. The molecule has 0 fully saturated rings. The Morgan fingerprint density at radius 2 is 2.00 bits per heavy atom. The highest BCUT2D eigenvalue weighted by atomic mass is 16.2. The molecule has 4 nitrogen and oxygen atoms in total. The van der Waals surface area contributed by atoms with Crippen LogP contribution in [0, 0.1) is 17.8 Å². The van der Waals surface area contributed by atoms with Gasteiger partial charge in [0.2, 0.25) is 0 Å². The van der Waals surface area contributed by atoms with E-state index in [1.165, 1.54) is 0 Å². The van der Waals surface area contributed by atoms with Crippen LogP contribution in [0.25, 0.3) is 0 Å². The summed E-state index contributed by atoms with van der Waals surface area (Å²) < 4.78 is 0. The van der Waals surface area contributed by atoms with Crippen molar-refractivity contribution in [2.45, 2.75) is 19.9 Å². The molecular weight excluding hydrogens is 264 g/mol. The highest BCUT2D eigenvalue weighted by molar-refractivity contribution is 5.96. The summed E-state index contributed by atoms with van der Waals surface area (Å²) in [5.41, 5.74) is 1.18. The van der Waals surface area contributed by atoms with E-state index in [-0.39, 0.29) is 18.6 Å². The van der Waals surface area contributed by atoms with Gasteiger partial charge >= 0.3 is 0 Å². The molecule has 1 rings (SSSR count). The third-order valence-electron chi connectivity index (χ3n) is 3.16. The molecule has 1 amide bonds. The number of aliphatic hydroxyl groups excluding tert-OH is 1. The Morgan fingerprint density at radius 3 is 2.57 bits per heavy atom. The first-order chi connectivity index (χ1) is 9.95. The van der Waals surface area contributed by atoms with Gasteiger partial charge in [-0.2, -0.15) is 0 Å². The summed E-state index contributed by atoms with van der Waals surface area (Å²) >= 11 is 0. The molecule has 2 N–H and O–H groups in total. The van der Waals surface area contributed by atoms with Gasteiger partial charge in [-0.3, -0.25) is 4.79 Å². The van der Waals surface area contributed by atoms with Crippen LogP contribution in [0.3, 0.4) is 0 Å². The van der Waals surface area contributed by atoms with Crippen LogP contribution in [-0.4, -0.2) is 49.2 Å². The van der Waals surface area contributed by atoms with Crippen molar-refractivity contribution in [3.8, 4) is 11.8 Å². The summed E-state index contributed by atoms with van der Waals surface area (Å²) in [4.78, 5) is 14.5.